The Morgan fingerprint density at radius 2 is 1.70 bits per heavy atom. The van der Waals surface area contributed by atoms with Crippen molar-refractivity contribution in [2.45, 2.75) is 24.9 Å². The lowest BCUT2D eigenvalue weighted by Gasteiger charge is -2.10. The van der Waals surface area contributed by atoms with Crippen LogP contribution < -0.4 is 4.72 Å². The smallest absolute Gasteiger partial charge is 0.263 e. The molecule has 11 heteroatoms. The molecule has 0 aliphatic rings. The first-order valence-corrected chi connectivity index (χ1v) is 9.10. The van der Waals surface area contributed by atoms with Gasteiger partial charge in [0, 0.05) is 11.8 Å². The summed E-state index contributed by atoms with van der Waals surface area (Å²) in [5.74, 6) is 0.313. The topological polar surface area (TPSA) is 89.8 Å². The first-order chi connectivity index (χ1) is 12.6. The fraction of sp³-hybridized carbons (Fsp3) is 0.188. The van der Waals surface area contributed by atoms with Gasteiger partial charge in [0.15, 0.2) is 5.82 Å². The Bertz CT molecular complexity index is 1080. The van der Waals surface area contributed by atoms with Crippen LogP contribution in [-0.4, -0.2) is 28.2 Å². The monoisotopic (exact) mass is 397 g/mol. The van der Waals surface area contributed by atoms with Gasteiger partial charge in [0.25, 0.3) is 10.0 Å². The number of nitrogens with one attached hydrogen (secondary N) is 1. The third-order valence-electron chi connectivity index (χ3n) is 3.61. The molecule has 0 saturated carbocycles. The molecule has 27 heavy (non-hydrogen) atoms. The first kappa shape index (κ1) is 18.8. The van der Waals surface area contributed by atoms with Crippen LogP contribution in [0, 0.1) is 13.8 Å². The van der Waals surface area contributed by atoms with Crippen molar-refractivity contribution >= 4 is 15.8 Å². The average molecular weight is 397 g/mol. The van der Waals surface area contributed by atoms with Gasteiger partial charge in [0.2, 0.25) is 0 Å². The Hall–Kier alpha value is -2.95. The molecule has 0 bridgehead atoms. The zero-order valence-corrected chi connectivity index (χ0v) is 15.0. The average Bonchev–Trinajstić information content (AvgIpc) is 2.92. The second-order valence-corrected chi connectivity index (χ2v) is 7.41. The maximum atomic E-state index is 12.6. The molecule has 1 aromatic carbocycles. The Morgan fingerprint density at radius 3 is 2.26 bits per heavy atom. The number of nitrogens with zero attached hydrogens (tertiary/aromatic N) is 4. The number of aryl methyl sites for hydroxylation is 2. The molecule has 3 rings (SSSR count). The van der Waals surface area contributed by atoms with Crippen molar-refractivity contribution in [2.75, 3.05) is 4.72 Å². The van der Waals surface area contributed by atoms with E-state index in [2.05, 4.69) is 19.8 Å². The maximum Gasteiger partial charge on any atom is 0.416 e. The highest BCUT2D eigenvalue weighted by molar-refractivity contribution is 7.92. The fourth-order valence-corrected chi connectivity index (χ4v) is 3.40. The molecule has 7 nitrogen and oxygen atoms in total. The predicted octanol–water partition coefficient (Wildman–Crippen LogP) is 3.10. The zero-order valence-electron chi connectivity index (χ0n) is 14.2. The summed E-state index contributed by atoms with van der Waals surface area (Å²) in [5.41, 5.74) is 0.621. The van der Waals surface area contributed by atoms with Crippen LogP contribution in [0.1, 0.15) is 17.0 Å². The molecule has 0 aliphatic heterocycles. The number of alkyl halides is 3. The van der Waals surface area contributed by atoms with E-state index in [-0.39, 0.29) is 10.7 Å². The van der Waals surface area contributed by atoms with Crippen LogP contribution in [-0.2, 0) is 16.2 Å². The van der Waals surface area contributed by atoms with E-state index in [0.29, 0.717) is 18.0 Å². The van der Waals surface area contributed by atoms with Gasteiger partial charge in [-0.1, -0.05) is 0 Å². The van der Waals surface area contributed by atoms with E-state index in [1.807, 2.05) is 13.0 Å². The number of anilines is 1. The highest BCUT2D eigenvalue weighted by Gasteiger charge is 2.30. The number of sulfonamides is 1. The Kier molecular flexibility index (Phi) is 4.64. The molecule has 0 radical (unpaired) electrons. The second-order valence-electron chi connectivity index (χ2n) is 5.73. The van der Waals surface area contributed by atoms with Gasteiger partial charge in [0.1, 0.15) is 12.1 Å². The molecule has 0 atom stereocenters. The lowest BCUT2D eigenvalue weighted by Crippen LogP contribution is -2.15. The van der Waals surface area contributed by atoms with E-state index in [1.165, 1.54) is 10.7 Å². The van der Waals surface area contributed by atoms with Crippen LogP contribution in [0.2, 0.25) is 0 Å². The number of benzene rings is 1. The van der Waals surface area contributed by atoms with Crippen molar-refractivity contribution in [3.63, 3.8) is 0 Å². The van der Waals surface area contributed by atoms with Crippen LogP contribution >= 0.6 is 0 Å². The van der Waals surface area contributed by atoms with Gasteiger partial charge in [-0.2, -0.15) is 18.3 Å². The highest BCUT2D eigenvalue weighted by Crippen LogP contribution is 2.30. The first-order valence-electron chi connectivity index (χ1n) is 7.62. The SMILES string of the molecule is Cc1cc(C)n(-c2cc(NS(=O)(=O)c3ccc(C(F)(F)F)cc3)ncn2)n1. The van der Waals surface area contributed by atoms with Gasteiger partial charge in [-0.05, 0) is 44.2 Å². The Balaban J connectivity index is 1.88. The standard InChI is InChI=1S/C16H14F3N5O2S/c1-10-7-11(2)24(22-10)15-8-14(20-9-21-15)23-27(25,26)13-5-3-12(4-6-13)16(17,18)19/h3-9H,1-2H3,(H,20,21,23). The van der Waals surface area contributed by atoms with Crippen LogP contribution in [0.5, 0.6) is 0 Å². The molecule has 0 spiro atoms. The van der Waals surface area contributed by atoms with Crippen LogP contribution in [0.3, 0.4) is 0 Å². The molecule has 0 unspecified atom stereocenters. The van der Waals surface area contributed by atoms with Crippen molar-refractivity contribution in [3.8, 4) is 5.82 Å². The maximum absolute atomic E-state index is 12.6. The molecule has 3 aromatic rings. The van der Waals surface area contributed by atoms with Crippen molar-refractivity contribution in [3.05, 3.63) is 59.7 Å². The molecule has 142 valence electrons. The van der Waals surface area contributed by atoms with E-state index in [0.717, 1.165) is 29.8 Å². The summed E-state index contributed by atoms with van der Waals surface area (Å²) in [4.78, 5) is 7.58. The van der Waals surface area contributed by atoms with E-state index in [1.54, 1.807) is 6.92 Å². The number of hydrogen-bond acceptors (Lipinski definition) is 5. The number of aromatic nitrogens is 4. The largest absolute Gasteiger partial charge is 0.416 e. The third-order valence-corrected chi connectivity index (χ3v) is 4.98. The molecular formula is C16H14F3N5O2S. The zero-order chi connectivity index (χ0) is 19.8. The molecule has 0 amide bonds. The number of halogens is 3. The molecule has 0 saturated heterocycles. The van der Waals surface area contributed by atoms with Crippen molar-refractivity contribution in [1.29, 1.82) is 0 Å². The van der Waals surface area contributed by atoms with Gasteiger partial charge >= 0.3 is 6.18 Å². The number of hydrogen-bond donors (Lipinski definition) is 1. The van der Waals surface area contributed by atoms with Crippen LogP contribution in [0.15, 0.2) is 47.6 Å². The third kappa shape index (κ3) is 4.08. The van der Waals surface area contributed by atoms with Crippen LogP contribution in [0.4, 0.5) is 19.0 Å². The molecule has 0 fully saturated rings. The van der Waals surface area contributed by atoms with Crippen molar-refractivity contribution < 1.29 is 21.6 Å². The minimum Gasteiger partial charge on any atom is -0.263 e. The van der Waals surface area contributed by atoms with Gasteiger partial charge in [0.05, 0.1) is 16.2 Å². The Morgan fingerprint density at radius 1 is 1.04 bits per heavy atom. The quantitative estimate of drug-likeness (QED) is 0.731. The van der Waals surface area contributed by atoms with Crippen molar-refractivity contribution in [1.82, 2.24) is 19.7 Å². The van der Waals surface area contributed by atoms with E-state index in [4.69, 9.17) is 0 Å². The minimum absolute atomic E-state index is 0.0348. The predicted molar refractivity (Wildman–Crippen MR) is 90.9 cm³/mol. The fourth-order valence-electron chi connectivity index (χ4n) is 2.40. The lowest BCUT2D eigenvalue weighted by atomic mass is 10.2. The highest BCUT2D eigenvalue weighted by atomic mass is 32.2. The number of rotatable bonds is 4. The normalized spacial score (nSPS) is 12.2. The van der Waals surface area contributed by atoms with Crippen LogP contribution in [0.25, 0.3) is 5.82 Å². The van der Waals surface area contributed by atoms with Gasteiger partial charge in [-0.25, -0.2) is 23.1 Å². The summed E-state index contributed by atoms with van der Waals surface area (Å²) in [7, 11) is -4.12. The minimum atomic E-state index is -4.54. The van der Waals surface area contributed by atoms with Gasteiger partial charge in [-0.15, -0.1) is 0 Å². The van der Waals surface area contributed by atoms with E-state index < -0.39 is 21.8 Å². The molecular weight excluding hydrogens is 383 g/mol. The summed E-state index contributed by atoms with van der Waals surface area (Å²) in [6, 6.07) is 6.38. The lowest BCUT2D eigenvalue weighted by molar-refractivity contribution is -0.137. The molecule has 0 aliphatic carbocycles. The van der Waals surface area contributed by atoms with Crippen molar-refractivity contribution in [2.24, 2.45) is 0 Å². The summed E-state index contributed by atoms with van der Waals surface area (Å²) in [5, 5.41) is 4.25. The molecule has 1 N–H and O–H groups in total. The van der Waals surface area contributed by atoms with E-state index in [9.17, 15) is 21.6 Å². The Labute approximate surface area is 152 Å². The summed E-state index contributed by atoms with van der Waals surface area (Å²) >= 11 is 0. The summed E-state index contributed by atoms with van der Waals surface area (Å²) < 4.78 is 66.4. The van der Waals surface area contributed by atoms with Gasteiger partial charge in [-0.3, -0.25) is 4.72 Å². The second kappa shape index (κ2) is 6.65. The molecule has 2 aromatic heterocycles. The summed E-state index contributed by atoms with van der Waals surface area (Å²) in [6.45, 7) is 3.62. The molecule has 2 heterocycles. The van der Waals surface area contributed by atoms with Gasteiger partial charge < -0.3 is 0 Å². The van der Waals surface area contributed by atoms with E-state index >= 15 is 0 Å². The summed E-state index contributed by atoms with van der Waals surface area (Å²) in [6.07, 6.45) is -3.38.